The Bertz CT molecular complexity index is 727. The normalized spacial score (nSPS) is 11.8. The van der Waals surface area contributed by atoms with Crippen LogP contribution in [0.3, 0.4) is 0 Å². The van der Waals surface area contributed by atoms with Gasteiger partial charge < -0.3 is 20.0 Å². The third-order valence-corrected chi connectivity index (χ3v) is 4.53. The van der Waals surface area contributed by atoms with Gasteiger partial charge in [-0.05, 0) is 32.9 Å². The number of para-hydroxylation sites is 2. The SMILES string of the molecule is CCOc1ccccc1NC(=O)[C@@H](C)c1nc(C)c(C(=O)[O-])s1. The lowest BCUT2D eigenvalue weighted by molar-refractivity contribution is -0.254. The molecule has 0 fully saturated rings. The van der Waals surface area contributed by atoms with Gasteiger partial charge in [0.05, 0.1) is 34.8 Å². The quantitative estimate of drug-likeness (QED) is 0.872. The van der Waals surface area contributed by atoms with Gasteiger partial charge in [0.15, 0.2) is 0 Å². The molecule has 23 heavy (non-hydrogen) atoms. The predicted molar refractivity (Wildman–Crippen MR) is 85.8 cm³/mol. The molecule has 0 aliphatic rings. The molecule has 1 aromatic heterocycles. The van der Waals surface area contributed by atoms with Crippen molar-refractivity contribution in [3.8, 4) is 5.75 Å². The smallest absolute Gasteiger partial charge is 0.234 e. The van der Waals surface area contributed by atoms with Crippen LogP contribution in [0.1, 0.15) is 40.1 Å². The van der Waals surface area contributed by atoms with E-state index in [4.69, 9.17) is 4.74 Å². The summed E-state index contributed by atoms with van der Waals surface area (Å²) < 4.78 is 5.46. The van der Waals surface area contributed by atoms with Crippen LogP contribution < -0.4 is 15.2 Å². The summed E-state index contributed by atoms with van der Waals surface area (Å²) in [5, 5.41) is 14.2. The fraction of sp³-hybridized carbons (Fsp3) is 0.312. The van der Waals surface area contributed by atoms with Crippen LogP contribution in [0.25, 0.3) is 0 Å². The molecule has 6 nitrogen and oxygen atoms in total. The van der Waals surface area contributed by atoms with Gasteiger partial charge in [-0.25, -0.2) is 4.98 Å². The van der Waals surface area contributed by atoms with Gasteiger partial charge in [-0.2, -0.15) is 0 Å². The van der Waals surface area contributed by atoms with Gasteiger partial charge in [-0.3, -0.25) is 4.79 Å². The number of nitrogens with zero attached hydrogens (tertiary/aromatic N) is 1. The van der Waals surface area contributed by atoms with Crippen molar-refractivity contribution in [3.63, 3.8) is 0 Å². The third kappa shape index (κ3) is 3.87. The third-order valence-electron chi connectivity index (χ3n) is 3.21. The summed E-state index contributed by atoms with van der Waals surface area (Å²) in [4.78, 5) is 27.6. The molecule has 1 heterocycles. The first-order valence-corrected chi connectivity index (χ1v) is 7.97. The van der Waals surface area contributed by atoms with Crippen LogP contribution in [0.4, 0.5) is 5.69 Å². The number of carboxylic acids is 1. The minimum Gasteiger partial charge on any atom is -0.544 e. The average molecular weight is 333 g/mol. The van der Waals surface area contributed by atoms with E-state index in [0.29, 0.717) is 28.7 Å². The Kier molecular flexibility index (Phi) is 5.33. The van der Waals surface area contributed by atoms with Gasteiger partial charge in [0, 0.05) is 0 Å². The van der Waals surface area contributed by atoms with Crippen LogP contribution in [-0.4, -0.2) is 23.5 Å². The van der Waals surface area contributed by atoms with Crippen molar-refractivity contribution in [2.75, 3.05) is 11.9 Å². The highest BCUT2D eigenvalue weighted by molar-refractivity contribution is 7.13. The van der Waals surface area contributed by atoms with E-state index in [2.05, 4.69) is 10.3 Å². The number of nitrogens with one attached hydrogen (secondary N) is 1. The number of thiazole rings is 1. The van der Waals surface area contributed by atoms with Crippen LogP contribution in [-0.2, 0) is 4.79 Å². The van der Waals surface area contributed by atoms with Crippen molar-refractivity contribution in [3.05, 3.63) is 39.8 Å². The number of hydrogen-bond donors (Lipinski definition) is 1. The number of ether oxygens (including phenoxy) is 1. The van der Waals surface area contributed by atoms with Gasteiger partial charge in [0.2, 0.25) is 5.91 Å². The zero-order valence-corrected chi connectivity index (χ0v) is 13.9. The maximum absolute atomic E-state index is 12.4. The summed E-state index contributed by atoms with van der Waals surface area (Å²) in [6.07, 6.45) is 0. The lowest BCUT2D eigenvalue weighted by Crippen LogP contribution is -2.21. The maximum Gasteiger partial charge on any atom is 0.234 e. The van der Waals surface area contributed by atoms with E-state index in [-0.39, 0.29) is 10.8 Å². The number of carbonyl (C=O) groups excluding carboxylic acids is 2. The number of hydrogen-bond acceptors (Lipinski definition) is 6. The van der Waals surface area contributed by atoms with Crippen LogP contribution in [0.15, 0.2) is 24.3 Å². The van der Waals surface area contributed by atoms with E-state index < -0.39 is 11.9 Å². The topological polar surface area (TPSA) is 91.3 Å². The van der Waals surface area contributed by atoms with E-state index in [1.54, 1.807) is 32.0 Å². The summed E-state index contributed by atoms with van der Waals surface area (Å²) >= 11 is 0.964. The standard InChI is InChI=1S/C16H18N2O4S/c1-4-22-12-8-6-5-7-11(12)18-14(19)9(2)15-17-10(3)13(23-15)16(20)21/h5-9H,4H2,1-3H3,(H,18,19)(H,20,21)/p-1/t9-/m1/s1. The number of benzene rings is 1. The van der Waals surface area contributed by atoms with E-state index in [0.717, 1.165) is 11.3 Å². The summed E-state index contributed by atoms with van der Waals surface area (Å²) in [6.45, 7) is 5.61. The lowest BCUT2D eigenvalue weighted by Gasteiger charge is -2.13. The van der Waals surface area contributed by atoms with Crippen molar-refractivity contribution in [1.82, 2.24) is 4.98 Å². The highest BCUT2D eigenvalue weighted by atomic mass is 32.1. The first kappa shape index (κ1) is 17.0. The predicted octanol–water partition coefficient (Wildman–Crippen LogP) is 1.96. The van der Waals surface area contributed by atoms with Gasteiger partial charge in [0.25, 0.3) is 0 Å². The van der Waals surface area contributed by atoms with Gasteiger partial charge in [-0.15, -0.1) is 11.3 Å². The van der Waals surface area contributed by atoms with Gasteiger partial charge >= 0.3 is 0 Å². The maximum atomic E-state index is 12.4. The number of aromatic carboxylic acids is 1. The molecule has 122 valence electrons. The molecule has 2 aromatic rings. The van der Waals surface area contributed by atoms with E-state index in [1.807, 2.05) is 13.0 Å². The molecule has 1 amide bonds. The largest absolute Gasteiger partial charge is 0.544 e. The Morgan fingerprint density at radius 1 is 1.39 bits per heavy atom. The second kappa shape index (κ2) is 7.23. The van der Waals surface area contributed by atoms with Crippen LogP contribution >= 0.6 is 11.3 Å². The molecule has 0 radical (unpaired) electrons. The monoisotopic (exact) mass is 333 g/mol. The number of amides is 1. The van der Waals surface area contributed by atoms with Crippen LogP contribution in [0.5, 0.6) is 5.75 Å². The highest BCUT2D eigenvalue weighted by Gasteiger charge is 2.21. The number of carbonyl (C=O) groups is 2. The Balaban J connectivity index is 2.17. The van der Waals surface area contributed by atoms with Crippen molar-refractivity contribution < 1.29 is 19.4 Å². The summed E-state index contributed by atoms with van der Waals surface area (Å²) in [6, 6.07) is 7.13. The molecule has 0 bridgehead atoms. The number of carboxylic acid groups (broad SMARTS) is 1. The minimum atomic E-state index is -1.28. The molecule has 0 saturated carbocycles. The summed E-state index contributed by atoms with van der Waals surface area (Å²) in [5.41, 5.74) is 0.930. The molecule has 2 rings (SSSR count). The van der Waals surface area contributed by atoms with E-state index >= 15 is 0 Å². The summed E-state index contributed by atoms with van der Waals surface area (Å²) in [7, 11) is 0. The van der Waals surface area contributed by atoms with E-state index in [9.17, 15) is 14.7 Å². The van der Waals surface area contributed by atoms with E-state index in [1.165, 1.54) is 0 Å². The molecule has 0 aliphatic heterocycles. The molecule has 0 spiro atoms. The first-order valence-electron chi connectivity index (χ1n) is 7.15. The molecule has 1 aromatic carbocycles. The molecule has 1 atom stereocenters. The molecular formula is C16H17N2O4S-. The summed E-state index contributed by atoms with van der Waals surface area (Å²) in [5.74, 6) is -1.56. The van der Waals surface area contributed by atoms with Gasteiger partial charge in [-0.1, -0.05) is 12.1 Å². The fourth-order valence-corrected chi connectivity index (χ4v) is 2.95. The minimum absolute atomic E-state index is 0.0503. The van der Waals surface area contributed by atoms with Crippen molar-refractivity contribution in [2.24, 2.45) is 0 Å². The molecular weight excluding hydrogens is 316 g/mol. The lowest BCUT2D eigenvalue weighted by atomic mass is 10.1. The van der Waals surface area contributed by atoms with Crippen LogP contribution in [0.2, 0.25) is 0 Å². The number of rotatable bonds is 6. The van der Waals surface area contributed by atoms with Crippen molar-refractivity contribution >= 4 is 28.9 Å². The zero-order chi connectivity index (χ0) is 17.0. The molecule has 7 heteroatoms. The zero-order valence-electron chi connectivity index (χ0n) is 13.1. The number of aromatic nitrogens is 1. The second-order valence-electron chi connectivity index (χ2n) is 4.89. The highest BCUT2D eigenvalue weighted by Crippen LogP contribution is 2.28. The Labute approximate surface area is 138 Å². The average Bonchev–Trinajstić information content (AvgIpc) is 2.90. The van der Waals surface area contributed by atoms with Crippen molar-refractivity contribution in [2.45, 2.75) is 26.7 Å². The molecule has 0 aliphatic carbocycles. The number of anilines is 1. The number of aryl methyl sites for hydroxylation is 1. The Morgan fingerprint density at radius 3 is 2.70 bits per heavy atom. The first-order chi connectivity index (χ1) is 10.9. The Hall–Kier alpha value is -2.41. The second-order valence-corrected chi connectivity index (χ2v) is 5.92. The van der Waals surface area contributed by atoms with Crippen molar-refractivity contribution in [1.29, 1.82) is 0 Å². The molecule has 0 saturated heterocycles. The Morgan fingerprint density at radius 2 is 2.09 bits per heavy atom. The van der Waals surface area contributed by atoms with Gasteiger partial charge in [0.1, 0.15) is 10.8 Å². The molecule has 0 unspecified atom stereocenters. The van der Waals surface area contributed by atoms with Crippen LogP contribution in [0, 0.1) is 6.92 Å². The molecule has 1 N–H and O–H groups in total. The fourth-order valence-electron chi connectivity index (χ4n) is 2.00.